The number of nitrogens with one attached hydrogen (secondary N) is 1. The summed E-state index contributed by atoms with van der Waals surface area (Å²) in [7, 11) is 0. The number of anilines is 2. The number of ether oxygens (including phenoxy) is 1. The maximum atomic E-state index is 12.8. The molecule has 1 aromatic carbocycles. The number of carbonyl (C=O) groups is 2. The van der Waals surface area contributed by atoms with E-state index in [1.165, 1.54) is 18.5 Å². The smallest absolute Gasteiger partial charge is 0.408 e. The van der Waals surface area contributed by atoms with Crippen molar-refractivity contribution in [2.75, 3.05) is 29.4 Å². The summed E-state index contributed by atoms with van der Waals surface area (Å²) in [4.78, 5) is 28.9. The summed E-state index contributed by atoms with van der Waals surface area (Å²) >= 11 is 0. The van der Waals surface area contributed by atoms with Crippen molar-refractivity contribution >= 4 is 23.4 Å². The zero-order valence-corrected chi connectivity index (χ0v) is 16.0. The molecule has 6 heteroatoms. The van der Waals surface area contributed by atoms with Gasteiger partial charge in [-0.25, -0.2) is 4.79 Å². The Kier molecular flexibility index (Phi) is 5.39. The number of carbonyl (C=O) groups excluding carboxylic acids is 2. The predicted octanol–water partition coefficient (Wildman–Crippen LogP) is 3.31. The molecular weight excluding hydrogens is 330 g/mol. The third-order valence-electron chi connectivity index (χ3n) is 4.76. The predicted molar refractivity (Wildman–Crippen MR) is 103 cm³/mol. The summed E-state index contributed by atoms with van der Waals surface area (Å²) in [5.41, 5.74) is 1.51. The molecule has 2 amide bonds. The molecule has 0 spiro atoms. The summed E-state index contributed by atoms with van der Waals surface area (Å²) in [6.45, 7) is 8.30. The van der Waals surface area contributed by atoms with E-state index in [-0.39, 0.29) is 5.91 Å². The molecule has 2 fully saturated rings. The van der Waals surface area contributed by atoms with Crippen LogP contribution in [0.2, 0.25) is 0 Å². The minimum absolute atomic E-state index is 0.0731. The van der Waals surface area contributed by atoms with Crippen LogP contribution in [-0.2, 0) is 9.53 Å². The first kappa shape index (κ1) is 18.5. The van der Waals surface area contributed by atoms with Gasteiger partial charge >= 0.3 is 6.09 Å². The van der Waals surface area contributed by atoms with Crippen LogP contribution in [0.15, 0.2) is 24.3 Å². The summed E-state index contributed by atoms with van der Waals surface area (Å²) in [5.74, 6) is -0.0731. The molecule has 1 atom stereocenters. The SMILES string of the molecule is CC(C)(C)OC(=O)NC1CCCN(c2ccc(N3CCCC3)cc2)C1=O. The normalized spacial score (nSPS) is 21.0. The number of amides is 2. The van der Waals surface area contributed by atoms with E-state index in [9.17, 15) is 9.59 Å². The van der Waals surface area contributed by atoms with Crippen molar-refractivity contribution in [1.82, 2.24) is 5.32 Å². The van der Waals surface area contributed by atoms with E-state index in [0.29, 0.717) is 13.0 Å². The van der Waals surface area contributed by atoms with Crippen molar-refractivity contribution in [2.45, 2.75) is 58.1 Å². The number of nitrogens with zero attached hydrogens (tertiary/aromatic N) is 2. The van der Waals surface area contributed by atoms with Crippen LogP contribution in [-0.4, -0.2) is 43.3 Å². The summed E-state index contributed by atoms with van der Waals surface area (Å²) in [6.07, 6.45) is 3.43. The molecule has 2 saturated heterocycles. The molecular formula is C20H29N3O3. The molecule has 0 saturated carbocycles. The van der Waals surface area contributed by atoms with E-state index in [2.05, 4.69) is 22.3 Å². The van der Waals surface area contributed by atoms with Crippen LogP contribution >= 0.6 is 0 Å². The summed E-state index contributed by atoms with van der Waals surface area (Å²) in [5, 5.41) is 2.72. The van der Waals surface area contributed by atoms with Crippen LogP contribution in [0, 0.1) is 0 Å². The minimum atomic E-state index is -0.576. The highest BCUT2D eigenvalue weighted by Crippen LogP contribution is 2.26. The van der Waals surface area contributed by atoms with Gasteiger partial charge in [0.2, 0.25) is 5.91 Å². The van der Waals surface area contributed by atoms with E-state index in [1.54, 1.807) is 4.90 Å². The molecule has 6 nitrogen and oxygen atoms in total. The van der Waals surface area contributed by atoms with Gasteiger partial charge in [0, 0.05) is 31.0 Å². The lowest BCUT2D eigenvalue weighted by molar-refractivity contribution is -0.121. The van der Waals surface area contributed by atoms with Crippen molar-refractivity contribution in [3.63, 3.8) is 0 Å². The molecule has 0 aliphatic carbocycles. The fourth-order valence-electron chi connectivity index (χ4n) is 3.53. The van der Waals surface area contributed by atoms with Gasteiger partial charge in [-0.2, -0.15) is 0 Å². The molecule has 1 aromatic rings. The molecule has 1 N–H and O–H groups in total. The van der Waals surface area contributed by atoms with Crippen LogP contribution in [0.3, 0.4) is 0 Å². The lowest BCUT2D eigenvalue weighted by Crippen LogP contribution is -2.53. The highest BCUT2D eigenvalue weighted by atomic mass is 16.6. The molecule has 2 aliphatic rings. The number of hydrogen-bond donors (Lipinski definition) is 1. The first-order valence-corrected chi connectivity index (χ1v) is 9.49. The fourth-order valence-corrected chi connectivity index (χ4v) is 3.53. The molecule has 3 rings (SSSR count). The highest BCUT2D eigenvalue weighted by Gasteiger charge is 2.32. The maximum Gasteiger partial charge on any atom is 0.408 e. The van der Waals surface area contributed by atoms with Gasteiger partial charge < -0.3 is 19.9 Å². The van der Waals surface area contributed by atoms with Crippen molar-refractivity contribution in [1.29, 1.82) is 0 Å². The minimum Gasteiger partial charge on any atom is -0.444 e. The van der Waals surface area contributed by atoms with E-state index in [0.717, 1.165) is 25.2 Å². The van der Waals surface area contributed by atoms with Crippen molar-refractivity contribution in [3.8, 4) is 0 Å². The number of alkyl carbamates (subject to hydrolysis) is 1. The van der Waals surface area contributed by atoms with E-state index in [4.69, 9.17) is 4.74 Å². The van der Waals surface area contributed by atoms with Gasteiger partial charge in [0.15, 0.2) is 0 Å². The van der Waals surface area contributed by atoms with Gasteiger partial charge in [0.25, 0.3) is 0 Å². The first-order chi connectivity index (χ1) is 12.3. The lowest BCUT2D eigenvalue weighted by atomic mass is 10.0. The molecule has 2 heterocycles. The summed E-state index contributed by atoms with van der Waals surface area (Å²) < 4.78 is 5.28. The Morgan fingerprint density at radius 3 is 2.27 bits per heavy atom. The Labute approximate surface area is 155 Å². The van der Waals surface area contributed by atoms with Crippen molar-refractivity contribution < 1.29 is 14.3 Å². The highest BCUT2D eigenvalue weighted by molar-refractivity contribution is 5.99. The third-order valence-corrected chi connectivity index (χ3v) is 4.76. The second-order valence-electron chi connectivity index (χ2n) is 8.04. The zero-order chi connectivity index (χ0) is 18.7. The van der Waals surface area contributed by atoms with Gasteiger partial charge in [-0.1, -0.05) is 0 Å². The second-order valence-corrected chi connectivity index (χ2v) is 8.04. The Balaban J connectivity index is 1.64. The monoisotopic (exact) mass is 359 g/mol. The Bertz CT molecular complexity index is 645. The molecule has 0 aromatic heterocycles. The zero-order valence-electron chi connectivity index (χ0n) is 16.0. The van der Waals surface area contributed by atoms with Gasteiger partial charge in [-0.05, 0) is 70.7 Å². The molecule has 1 unspecified atom stereocenters. The number of hydrogen-bond acceptors (Lipinski definition) is 4. The number of rotatable bonds is 3. The van der Waals surface area contributed by atoms with E-state index in [1.807, 2.05) is 32.9 Å². The number of benzene rings is 1. The van der Waals surface area contributed by atoms with Crippen molar-refractivity contribution in [3.05, 3.63) is 24.3 Å². The van der Waals surface area contributed by atoms with E-state index < -0.39 is 17.7 Å². The Morgan fingerprint density at radius 2 is 1.65 bits per heavy atom. The Hall–Kier alpha value is -2.24. The Morgan fingerprint density at radius 1 is 1.04 bits per heavy atom. The van der Waals surface area contributed by atoms with Crippen LogP contribution in [0.25, 0.3) is 0 Å². The van der Waals surface area contributed by atoms with Crippen LogP contribution in [0.4, 0.5) is 16.2 Å². The first-order valence-electron chi connectivity index (χ1n) is 9.49. The van der Waals surface area contributed by atoms with Gasteiger partial charge in [-0.15, -0.1) is 0 Å². The van der Waals surface area contributed by atoms with Crippen LogP contribution in [0.1, 0.15) is 46.5 Å². The third kappa shape index (κ3) is 4.48. The average molecular weight is 359 g/mol. The molecule has 2 aliphatic heterocycles. The quantitative estimate of drug-likeness (QED) is 0.899. The maximum absolute atomic E-state index is 12.8. The average Bonchev–Trinajstić information content (AvgIpc) is 3.10. The van der Waals surface area contributed by atoms with E-state index >= 15 is 0 Å². The van der Waals surface area contributed by atoms with Gasteiger partial charge in [0.1, 0.15) is 11.6 Å². The molecule has 0 bridgehead atoms. The topological polar surface area (TPSA) is 61.9 Å². The van der Waals surface area contributed by atoms with Gasteiger partial charge in [-0.3, -0.25) is 4.79 Å². The second kappa shape index (κ2) is 7.56. The van der Waals surface area contributed by atoms with Gasteiger partial charge in [0.05, 0.1) is 0 Å². The standard InChI is InChI=1S/C20H29N3O3/c1-20(2,3)26-19(25)21-17-7-6-14-23(18(17)24)16-10-8-15(9-11-16)22-12-4-5-13-22/h8-11,17H,4-7,12-14H2,1-3H3,(H,21,25). The van der Waals surface area contributed by atoms with Crippen molar-refractivity contribution in [2.24, 2.45) is 0 Å². The number of piperidine rings is 1. The summed E-state index contributed by atoms with van der Waals surface area (Å²) in [6, 6.07) is 7.64. The van der Waals surface area contributed by atoms with Crippen LogP contribution < -0.4 is 15.1 Å². The molecule has 0 radical (unpaired) electrons. The fraction of sp³-hybridized carbons (Fsp3) is 0.600. The lowest BCUT2D eigenvalue weighted by Gasteiger charge is -2.33. The molecule has 142 valence electrons. The van der Waals surface area contributed by atoms with Crippen LogP contribution in [0.5, 0.6) is 0 Å². The molecule has 26 heavy (non-hydrogen) atoms. The largest absolute Gasteiger partial charge is 0.444 e.